The summed E-state index contributed by atoms with van der Waals surface area (Å²) in [5.41, 5.74) is 7.37. The number of hydrogen-bond acceptors (Lipinski definition) is 4. The van der Waals surface area contributed by atoms with E-state index in [2.05, 4.69) is 9.88 Å². The molecule has 0 bridgehead atoms. The van der Waals surface area contributed by atoms with E-state index in [1.807, 2.05) is 42.5 Å². The van der Waals surface area contributed by atoms with Crippen molar-refractivity contribution in [3.63, 3.8) is 0 Å². The molecule has 0 radical (unpaired) electrons. The first kappa shape index (κ1) is 13.9. The SMILES string of the molecule is Nc1ccc(N2CCC(C(O)c3ccccc3)CC2)nc1. The van der Waals surface area contributed by atoms with Crippen molar-refractivity contribution in [2.45, 2.75) is 18.9 Å². The van der Waals surface area contributed by atoms with Crippen LogP contribution in [-0.2, 0) is 0 Å². The van der Waals surface area contributed by atoms with E-state index < -0.39 is 0 Å². The Bertz CT molecular complexity index is 562. The van der Waals surface area contributed by atoms with E-state index in [0.29, 0.717) is 11.6 Å². The molecule has 4 heteroatoms. The highest BCUT2D eigenvalue weighted by Crippen LogP contribution is 2.31. The van der Waals surface area contributed by atoms with E-state index in [-0.39, 0.29) is 6.10 Å². The third kappa shape index (κ3) is 3.16. The lowest BCUT2D eigenvalue weighted by molar-refractivity contribution is 0.0929. The lowest BCUT2D eigenvalue weighted by Gasteiger charge is -2.35. The normalized spacial score (nSPS) is 17.7. The van der Waals surface area contributed by atoms with Crippen LogP contribution in [0.25, 0.3) is 0 Å². The molecule has 1 aliphatic heterocycles. The van der Waals surface area contributed by atoms with E-state index in [4.69, 9.17) is 5.73 Å². The number of anilines is 2. The summed E-state index contributed by atoms with van der Waals surface area (Å²) in [4.78, 5) is 6.63. The van der Waals surface area contributed by atoms with Gasteiger partial charge in [0.15, 0.2) is 0 Å². The maximum Gasteiger partial charge on any atom is 0.128 e. The van der Waals surface area contributed by atoms with Gasteiger partial charge in [0, 0.05) is 13.1 Å². The fourth-order valence-corrected chi connectivity index (χ4v) is 2.95. The molecule has 0 amide bonds. The van der Waals surface area contributed by atoms with Gasteiger partial charge in [-0.05, 0) is 36.5 Å². The van der Waals surface area contributed by atoms with Crippen molar-refractivity contribution in [1.82, 2.24) is 4.98 Å². The molecule has 3 rings (SSSR count). The highest BCUT2D eigenvalue weighted by Gasteiger charge is 2.26. The fraction of sp³-hybridized carbons (Fsp3) is 0.353. The lowest BCUT2D eigenvalue weighted by atomic mass is 9.87. The standard InChI is InChI=1S/C17H21N3O/c18-15-6-7-16(19-12-15)20-10-8-14(9-11-20)17(21)13-4-2-1-3-5-13/h1-7,12,14,17,21H,8-11,18H2. The molecule has 1 aliphatic rings. The molecule has 1 fully saturated rings. The summed E-state index contributed by atoms with van der Waals surface area (Å²) < 4.78 is 0. The zero-order chi connectivity index (χ0) is 14.7. The van der Waals surface area contributed by atoms with Crippen LogP contribution in [0, 0.1) is 5.92 Å². The first-order valence-corrected chi connectivity index (χ1v) is 7.43. The number of hydrogen-bond donors (Lipinski definition) is 2. The maximum absolute atomic E-state index is 10.5. The minimum Gasteiger partial charge on any atom is -0.397 e. The summed E-state index contributed by atoms with van der Waals surface area (Å²) in [6.45, 7) is 1.84. The van der Waals surface area contributed by atoms with Gasteiger partial charge in [-0.1, -0.05) is 30.3 Å². The number of rotatable bonds is 3. The predicted octanol–water partition coefficient (Wildman–Crippen LogP) is 2.61. The second-order valence-corrected chi connectivity index (χ2v) is 5.63. The van der Waals surface area contributed by atoms with Crippen molar-refractivity contribution in [2.75, 3.05) is 23.7 Å². The van der Waals surface area contributed by atoms with E-state index in [0.717, 1.165) is 37.3 Å². The number of aliphatic hydroxyl groups is 1. The van der Waals surface area contributed by atoms with Gasteiger partial charge in [-0.25, -0.2) is 4.98 Å². The van der Waals surface area contributed by atoms with Crippen LogP contribution in [-0.4, -0.2) is 23.2 Å². The van der Waals surface area contributed by atoms with Crippen LogP contribution in [0.4, 0.5) is 11.5 Å². The molecule has 3 N–H and O–H groups in total. The van der Waals surface area contributed by atoms with Crippen LogP contribution in [0.2, 0.25) is 0 Å². The predicted molar refractivity (Wildman–Crippen MR) is 85.0 cm³/mol. The largest absolute Gasteiger partial charge is 0.397 e. The van der Waals surface area contributed by atoms with Crippen LogP contribution in [0.5, 0.6) is 0 Å². The van der Waals surface area contributed by atoms with Gasteiger partial charge in [0.05, 0.1) is 18.0 Å². The maximum atomic E-state index is 10.5. The zero-order valence-electron chi connectivity index (χ0n) is 12.0. The van der Waals surface area contributed by atoms with Crippen molar-refractivity contribution >= 4 is 11.5 Å². The van der Waals surface area contributed by atoms with Gasteiger partial charge in [-0.3, -0.25) is 0 Å². The molecule has 1 aromatic carbocycles. The quantitative estimate of drug-likeness (QED) is 0.909. The molecule has 0 saturated carbocycles. The molecular formula is C17H21N3O. The Labute approximate surface area is 125 Å². The smallest absolute Gasteiger partial charge is 0.128 e. The Kier molecular flexibility index (Phi) is 4.06. The highest BCUT2D eigenvalue weighted by atomic mass is 16.3. The van der Waals surface area contributed by atoms with Gasteiger partial charge < -0.3 is 15.7 Å². The first-order chi connectivity index (χ1) is 10.2. The molecule has 4 nitrogen and oxygen atoms in total. The highest BCUT2D eigenvalue weighted by molar-refractivity contribution is 5.46. The van der Waals surface area contributed by atoms with Crippen molar-refractivity contribution < 1.29 is 5.11 Å². The molecule has 21 heavy (non-hydrogen) atoms. The average molecular weight is 283 g/mol. The van der Waals surface area contributed by atoms with Crippen LogP contribution >= 0.6 is 0 Å². The lowest BCUT2D eigenvalue weighted by Crippen LogP contribution is -2.36. The summed E-state index contributed by atoms with van der Waals surface area (Å²) in [5.74, 6) is 1.29. The van der Waals surface area contributed by atoms with Crippen LogP contribution in [0.3, 0.4) is 0 Å². The molecule has 2 aromatic rings. The Hall–Kier alpha value is -2.07. The van der Waals surface area contributed by atoms with Crippen LogP contribution in [0.1, 0.15) is 24.5 Å². The zero-order valence-corrected chi connectivity index (χ0v) is 12.0. The molecule has 0 spiro atoms. The van der Waals surface area contributed by atoms with Crippen molar-refractivity contribution in [2.24, 2.45) is 5.92 Å². The van der Waals surface area contributed by atoms with Crippen LogP contribution < -0.4 is 10.6 Å². The molecule has 0 aliphatic carbocycles. The van der Waals surface area contributed by atoms with Crippen molar-refractivity contribution in [3.05, 3.63) is 54.2 Å². The van der Waals surface area contributed by atoms with Gasteiger partial charge in [0.2, 0.25) is 0 Å². The second kappa shape index (κ2) is 6.14. The second-order valence-electron chi connectivity index (χ2n) is 5.63. The van der Waals surface area contributed by atoms with Gasteiger partial charge in [-0.15, -0.1) is 0 Å². The molecule has 1 aromatic heterocycles. The number of nitrogen functional groups attached to an aromatic ring is 1. The fourth-order valence-electron chi connectivity index (χ4n) is 2.95. The Morgan fingerprint density at radius 2 is 1.81 bits per heavy atom. The monoisotopic (exact) mass is 283 g/mol. The minimum absolute atomic E-state index is 0.317. The molecule has 110 valence electrons. The number of benzene rings is 1. The third-order valence-electron chi connectivity index (χ3n) is 4.22. The summed E-state index contributed by atoms with van der Waals surface area (Å²) in [7, 11) is 0. The number of nitrogens with two attached hydrogens (primary N) is 1. The number of aromatic nitrogens is 1. The number of pyridine rings is 1. The van der Waals surface area contributed by atoms with E-state index in [9.17, 15) is 5.11 Å². The molecular weight excluding hydrogens is 262 g/mol. The summed E-state index contributed by atoms with van der Waals surface area (Å²) in [5, 5.41) is 10.5. The van der Waals surface area contributed by atoms with Crippen molar-refractivity contribution in [3.8, 4) is 0 Å². The summed E-state index contributed by atoms with van der Waals surface area (Å²) in [6, 6.07) is 13.8. The average Bonchev–Trinajstić information content (AvgIpc) is 2.56. The third-order valence-corrected chi connectivity index (χ3v) is 4.22. The van der Waals surface area contributed by atoms with Gasteiger partial charge in [-0.2, -0.15) is 0 Å². The van der Waals surface area contributed by atoms with E-state index in [1.165, 1.54) is 0 Å². The topological polar surface area (TPSA) is 62.4 Å². The van der Waals surface area contributed by atoms with E-state index in [1.54, 1.807) is 6.20 Å². The van der Waals surface area contributed by atoms with Gasteiger partial charge in [0.1, 0.15) is 5.82 Å². The Morgan fingerprint density at radius 1 is 1.10 bits per heavy atom. The Balaban J connectivity index is 1.61. The first-order valence-electron chi connectivity index (χ1n) is 7.43. The molecule has 2 heterocycles. The summed E-state index contributed by atoms with van der Waals surface area (Å²) in [6.07, 6.45) is 3.28. The van der Waals surface area contributed by atoms with Crippen molar-refractivity contribution in [1.29, 1.82) is 0 Å². The Morgan fingerprint density at radius 3 is 2.43 bits per heavy atom. The number of piperidine rings is 1. The molecule has 1 atom stereocenters. The van der Waals surface area contributed by atoms with Gasteiger partial charge >= 0.3 is 0 Å². The number of aliphatic hydroxyl groups excluding tert-OH is 1. The number of nitrogens with zero attached hydrogens (tertiary/aromatic N) is 2. The van der Waals surface area contributed by atoms with E-state index >= 15 is 0 Å². The molecule has 1 unspecified atom stereocenters. The minimum atomic E-state index is -0.368. The summed E-state index contributed by atoms with van der Waals surface area (Å²) >= 11 is 0. The van der Waals surface area contributed by atoms with Crippen LogP contribution in [0.15, 0.2) is 48.7 Å². The van der Waals surface area contributed by atoms with Gasteiger partial charge in [0.25, 0.3) is 0 Å². The molecule has 1 saturated heterocycles.